The van der Waals surface area contributed by atoms with Gasteiger partial charge in [0.25, 0.3) is 5.91 Å². The molecule has 1 aliphatic rings. The number of carbonyl (C=O) groups excluding carboxylic acids is 6. The van der Waals surface area contributed by atoms with Crippen LogP contribution in [0.25, 0.3) is 0 Å². The number of hydrogen-bond acceptors (Lipinski definition) is 6. The summed E-state index contributed by atoms with van der Waals surface area (Å²) in [5, 5.41) is 7.45. The highest BCUT2D eigenvalue weighted by molar-refractivity contribution is 6.37. The van der Waals surface area contributed by atoms with Crippen LogP contribution in [0.3, 0.4) is 0 Å². The van der Waals surface area contributed by atoms with Crippen LogP contribution >= 0.6 is 0 Å². The minimum atomic E-state index is -1.16. The van der Waals surface area contributed by atoms with Gasteiger partial charge in [0.2, 0.25) is 23.5 Å². The van der Waals surface area contributed by atoms with Crippen LogP contribution in [-0.2, 0) is 24.0 Å². The molecule has 3 unspecified atom stereocenters. The maximum atomic E-state index is 13.3. The van der Waals surface area contributed by atoms with Crippen molar-refractivity contribution in [1.29, 1.82) is 0 Å². The van der Waals surface area contributed by atoms with Crippen LogP contribution < -0.4 is 21.7 Å². The van der Waals surface area contributed by atoms with E-state index in [-0.39, 0.29) is 12.5 Å². The fourth-order valence-corrected chi connectivity index (χ4v) is 3.20. The highest BCUT2D eigenvalue weighted by atomic mass is 16.2. The molecule has 1 heterocycles. The van der Waals surface area contributed by atoms with E-state index >= 15 is 0 Å². The number of likely N-dealkylation sites (tertiary alicyclic amines) is 1. The summed E-state index contributed by atoms with van der Waals surface area (Å²) in [6, 6.07) is -3.63. The summed E-state index contributed by atoms with van der Waals surface area (Å²) in [5.41, 5.74) is 4.27. The molecule has 0 aliphatic carbocycles. The molecule has 0 aromatic carbocycles. The van der Waals surface area contributed by atoms with Crippen molar-refractivity contribution in [3.05, 3.63) is 0 Å². The molecule has 5 N–H and O–H groups in total. The van der Waals surface area contributed by atoms with Crippen LogP contribution in [-0.4, -0.2) is 90.6 Å². The van der Waals surface area contributed by atoms with Gasteiger partial charge in [-0.1, -0.05) is 20.8 Å². The Morgan fingerprint density at radius 1 is 1.09 bits per heavy atom. The summed E-state index contributed by atoms with van der Waals surface area (Å²) < 4.78 is 0. The molecule has 12 nitrogen and oxygen atoms in total. The van der Waals surface area contributed by atoms with E-state index in [1.54, 1.807) is 34.9 Å². The molecule has 1 aliphatic heterocycles. The number of amides is 6. The normalized spacial score (nSPS) is 17.7. The summed E-state index contributed by atoms with van der Waals surface area (Å²) in [4.78, 5) is 75.4. The van der Waals surface area contributed by atoms with Gasteiger partial charge in [-0.2, -0.15) is 0 Å². The van der Waals surface area contributed by atoms with E-state index < -0.39 is 53.1 Å². The molecule has 1 rings (SSSR count). The molecule has 1 fully saturated rings. The van der Waals surface area contributed by atoms with Gasteiger partial charge in [0.15, 0.2) is 0 Å². The van der Waals surface area contributed by atoms with Crippen molar-refractivity contribution in [3.63, 3.8) is 0 Å². The molecule has 32 heavy (non-hydrogen) atoms. The smallest absolute Gasteiger partial charge is 0.315 e. The van der Waals surface area contributed by atoms with Crippen molar-refractivity contribution in [3.8, 4) is 0 Å². The van der Waals surface area contributed by atoms with Crippen molar-refractivity contribution in [2.24, 2.45) is 11.1 Å². The SMILES string of the molecule is CC(NC(=O)C1CCCN1C(=O)C(NC(=O)NCC(=O)N(C)C)C(C)(C)C)C(=O)C(N)=O. The number of primary amides is 1. The Kier molecular flexibility index (Phi) is 9.16. The molecule has 180 valence electrons. The Bertz CT molecular complexity index is 775. The van der Waals surface area contributed by atoms with Crippen LogP contribution in [0.15, 0.2) is 0 Å². The van der Waals surface area contributed by atoms with E-state index in [4.69, 9.17) is 5.73 Å². The number of likely N-dealkylation sites (N-methyl/N-ethyl adjacent to an activating group) is 1. The molecule has 0 aromatic heterocycles. The molecule has 1 saturated heterocycles. The molecule has 0 radical (unpaired) electrons. The second-order valence-electron chi connectivity index (χ2n) is 9.06. The Morgan fingerprint density at radius 2 is 1.69 bits per heavy atom. The topological polar surface area (TPSA) is 171 Å². The zero-order valence-corrected chi connectivity index (χ0v) is 19.5. The number of urea groups is 1. The Labute approximate surface area is 187 Å². The monoisotopic (exact) mass is 454 g/mol. The predicted octanol–water partition coefficient (Wildman–Crippen LogP) is -1.66. The third-order valence-electron chi connectivity index (χ3n) is 5.12. The van der Waals surface area contributed by atoms with Gasteiger partial charge in [-0.15, -0.1) is 0 Å². The Balaban J connectivity index is 2.91. The van der Waals surface area contributed by atoms with Gasteiger partial charge in [0.05, 0.1) is 12.6 Å². The number of nitrogens with two attached hydrogens (primary N) is 1. The van der Waals surface area contributed by atoms with Crippen LogP contribution in [0.2, 0.25) is 0 Å². The first kappa shape index (κ1) is 26.9. The lowest BCUT2D eigenvalue weighted by atomic mass is 9.85. The van der Waals surface area contributed by atoms with Crippen molar-refractivity contribution >= 4 is 35.4 Å². The maximum Gasteiger partial charge on any atom is 0.315 e. The number of ketones is 1. The molecular formula is C20H34N6O6. The third-order valence-corrected chi connectivity index (χ3v) is 5.12. The van der Waals surface area contributed by atoms with E-state index in [2.05, 4.69) is 16.0 Å². The van der Waals surface area contributed by atoms with Gasteiger partial charge in [-0.05, 0) is 25.2 Å². The molecular weight excluding hydrogens is 420 g/mol. The highest BCUT2D eigenvalue weighted by Gasteiger charge is 2.42. The highest BCUT2D eigenvalue weighted by Crippen LogP contribution is 2.26. The van der Waals surface area contributed by atoms with Gasteiger partial charge in [0, 0.05) is 20.6 Å². The standard InChI is InChI=1S/C20H34N6O6/c1-11(14(28)16(21)29)23-17(30)12-8-7-9-26(12)18(31)15(20(2,3)4)24-19(32)22-10-13(27)25(5)6/h11-12,15H,7-10H2,1-6H3,(H2,21,29)(H,23,30)(H2,22,24,32). The summed E-state index contributed by atoms with van der Waals surface area (Å²) in [6.07, 6.45) is 0.928. The predicted molar refractivity (Wildman–Crippen MR) is 115 cm³/mol. The summed E-state index contributed by atoms with van der Waals surface area (Å²) in [7, 11) is 3.11. The van der Waals surface area contributed by atoms with Crippen LogP contribution in [0, 0.1) is 5.41 Å². The number of hydrogen-bond donors (Lipinski definition) is 4. The second-order valence-corrected chi connectivity index (χ2v) is 9.06. The van der Waals surface area contributed by atoms with E-state index in [1.807, 2.05) is 0 Å². The first-order valence-corrected chi connectivity index (χ1v) is 10.4. The van der Waals surface area contributed by atoms with Crippen LogP contribution in [0.4, 0.5) is 4.79 Å². The van der Waals surface area contributed by atoms with Gasteiger partial charge >= 0.3 is 6.03 Å². The maximum absolute atomic E-state index is 13.3. The molecule has 3 atom stereocenters. The van der Waals surface area contributed by atoms with E-state index in [1.165, 1.54) is 16.7 Å². The zero-order chi connectivity index (χ0) is 24.8. The first-order chi connectivity index (χ1) is 14.7. The Hall–Kier alpha value is -3.18. The second kappa shape index (κ2) is 10.9. The number of carbonyl (C=O) groups is 6. The number of Topliss-reactive ketones (excluding diaryl/α,β-unsaturated/α-hetero) is 1. The van der Waals surface area contributed by atoms with Crippen LogP contribution in [0.1, 0.15) is 40.5 Å². The van der Waals surface area contributed by atoms with Crippen molar-refractivity contribution in [1.82, 2.24) is 25.8 Å². The van der Waals surface area contributed by atoms with Gasteiger partial charge < -0.3 is 31.5 Å². The molecule has 6 amide bonds. The quantitative estimate of drug-likeness (QED) is 0.320. The van der Waals surface area contributed by atoms with Gasteiger partial charge in [-0.3, -0.25) is 24.0 Å². The lowest BCUT2D eigenvalue weighted by Gasteiger charge is -2.35. The fraction of sp³-hybridized carbons (Fsp3) is 0.700. The van der Waals surface area contributed by atoms with Crippen LogP contribution in [0.5, 0.6) is 0 Å². The van der Waals surface area contributed by atoms with Gasteiger partial charge in [0.1, 0.15) is 12.1 Å². The van der Waals surface area contributed by atoms with E-state index in [9.17, 15) is 28.8 Å². The number of nitrogens with zero attached hydrogens (tertiary/aromatic N) is 2. The lowest BCUT2D eigenvalue weighted by molar-refractivity contribution is -0.143. The zero-order valence-electron chi connectivity index (χ0n) is 19.5. The lowest BCUT2D eigenvalue weighted by Crippen LogP contribution is -2.60. The first-order valence-electron chi connectivity index (χ1n) is 10.4. The van der Waals surface area contributed by atoms with Crippen molar-refractivity contribution in [2.75, 3.05) is 27.2 Å². The minimum Gasteiger partial charge on any atom is -0.363 e. The van der Waals surface area contributed by atoms with Crippen molar-refractivity contribution in [2.45, 2.75) is 58.7 Å². The fourth-order valence-electron chi connectivity index (χ4n) is 3.20. The van der Waals surface area contributed by atoms with Crippen molar-refractivity contribution < 1.29 is 28.8 Å². The molecule has 0 saturated carbocycles. The molecule has 0 aromatic rings. The summed E-state index contributed by atoms with van der Waals surface area (Å²) >= 11 is 0. The average molecular weight is 455 g/mol. The van der Waals surface area contributed by atoms with Gasteiger partial charge in [-0.25, -0.2) is 4.79 Å². The minimum absolute atomic E-state index is 0.232. The average Bonchev–Trinajstić information content (AvgIpc) is 3.17. The molecule has 0 spiro atoms. The van der Waals surface area contributed by atoms with E-state index in [0.717, 1.165) is 0 Å². The van der Waals surface area contributed by atoms with E-state index in [0.29, 0.717) is 19.4 Å². The third kappa shape index (κ3) is 7.20. The summed E-state index contributed by atoms with van der Waals surface area (Å²) in [5.74, 6) is -3.44. The number of nitrogens with one attached hydrogen (secondary N) is 3. The summed E-state index contributed by atoms with van der Waals surface area (Å²) in [6.45, 7) is 6.69. The molecule has 12 heteroatoms. The largest absolute Gasteiger partial charge is 0.363 e. The Morgan fingerprint density at radius 3 is 2.19 bits per heavy atom. The number of rotatable bonds is 8. The molecule has 0 bridgehead atoms.